The third-order valence-corrected chi connectivity index (χ3v) is 6.07. The first-order valence-electron chi connectivity index (χ1n) is 8.28. The van der Waals surface area contributed by atoms with Crippen LogP contribution in [-0.2, 0) is 5.75 Å². The fourth-order valence-corrected chi connectivity index (χ4v) is 4.33. The summed E-state index contributed by atoms with van der Waals surface area (Å²) in [6.45, 7) is 1.97. The summed E-state index contributed by atoms with van der Waals surface area (Å²) >= 11 is 3.11. The summed E-state index contributed by atoms with van der Waals surface area (Å²) in [4.78, 5) is 9.78. The van der Waals surface area contributed by atoms with E-state index in [9.17, 15) is 4.39 Å². The molecular formula is C20H15FN4S2. The van der Waals surface area contributed by atoms with Crippen LogP contribution in [0.3, 0.4) is 0 Å². The van der Waals surface area contributed by atoms with E-state index < -0.39 is 0 Å². The van der Waals surface area contributed by atoms with Crippen molar-refractivity contribution in [3.63, 3.8) is 0 Å². The lowest BCUT2D eigenvalue weighted by Crippen LogP contribution is -1.90. The van der Waals surface area contributed by atoms with Crippen LogP contribution in [0.4, 0.5) is 4.39 Å². The molecule has 0 saturated heterocycles. The molecule has 4 rings (SSSR count). The number of halogens is 1. The molecule has 0 fully saturated rings. The number of nitrogens with zero attached hydrogens (tertiary/aromatic N) is 4. The molecule has 27 heavy (non-hydrogen) atoms. The maximum Gasteiger partial charge on any atom is 0.125 e. The fraction of sp³-hybridized carbons (Fsp3) is 0.100. The van der Waals surface area contributed by atoms with Crippen molar-refractivity contribution in [1.82, 2.24) is 20.2 Å². The topological polar surface area (TPSA) is 51.6 Å². The van der Waals surface area contributed by atoms with Crippen LogP contribution < -0.4 is 0 Å². The number of aromatic nitrogens is 4. The fourth-order valence-electron chi connectivity index (χ4n) is 2.55. The minimum Gasteiger partial charge on any atom is -0.264 e. The zero-order chi connectivity index (χ0) is 18.6. The maximum absolute atomic E-state index is 13.3. The van der Waals surface area contributed by atoms with Gasteiger partial charge in [0, 0.05) is 23.7 Å². The molecule has 0 spiro atoms. The van der Waals surface area contributed by atoms with E-state index in [0.29, 0.717) is 5.75 Å². The monoisotopic (exact) mass is 394 g/mol. The standard InChI is InChI=1S/C20H15FN4S2/c1-13-19(27-20(23-13)15-5-3-9-22-11-15)17-7-8-18(25-24-17)26-12-14-4-2-6-16(21)10-14/h2-11H,12H2,1H3. The van der Waals surface area contributed by atoms with Gasteiger partial charge in [-0.25, -0.2) is 9.37 Å². The highest BCUT2D eigenvalue weighted by Crippen LogP contribution is 2.34. The molecule has 0 saturated carbocycles. The molecule has 0 atom stereocenters. The summed E-state index contributed by atoms with van der Waals surface area (Å²) in [5, 5.41) is 10.4. The number of hydrogen-bond acceptors (Lipinski definition) is 6. The average molecular weight is 395 g/mol. The molecule has 0 N–H and O–H groups in total. The van der Waals surface area contributed by atoms with Crippen LogP contribution >= 0.6 is 23.1 Å². The number of pyridine rings is 1. The lowest BCUT2D eigenvalue weighted by Gasteiger charge is -2.02. The Morgan fingerprint density at radius 3 is 2.74 bits per heavy atom. The first kappa shape index (κ1) is 17.8. The van der Waals surface area contributed by atoms with E-state index in [1.807, 2.05) is 37.3 Å². The average Bonchev–Trinajstić information content (AvgIpc) is 3.09. The van der Waals surface area contributed by atoms with Gasteiger partial charge >= 0.3 is 0 Å². The number of hydrogen-bond donors (Lipinski definition) is 0. The SMILES string of the molecule is Cc1nc(-c2cccnc2)sc1-c1ccc(SCc2cccc(F)c2)nn1. The predicted molar refractivity (Wildman–Crippen MR) is 107 cm³/mol. The molecule has 1 aromatic carbocycles. The Morgan fingerprint density at radius 2 is 2.00 bits per heavy atom. The van der Waals surface area contributed by atoms with Crippen LogP contribution in [0.15, 0.2) is 66.0 Å². The van der Waals surface area contributed by atoms with E-state index in [1.54, 1.807) is 29.8 Å². The van der Waals surface area contributed by atoms with Crippen molar-refractivity contribution in [3.05, 3.63) is 78.0 Å². The molecule has 0 aliphatic heterocycles. The molecule has 0 amide bonds. The number of thiazole rings is 1. The van der Waals surface area contributed by atoms with Gasteiger partial charge in [-0.3, -0.25) is 4.98 Å². The highest BCUT2D eigenvalue weighted by Gasteiger charge is 2.13. The van der Waals surface area contributed by atoms with Crippen molar-refractivity contribution in [2.45, 2.75) is 17.7 Å². The maximum atomic E-state index is 13.3. The van der Waals surface area contributed by atoms with Gasteiger partial charge in [0.2, 0.25) is 0 Å². The largest absolute Gasteiger partial charge is 0.264 e. The number of rotatable bonds is 5. The normalized spacial score (nSPS) is 10.9. The number of benzene rings is 1. The van der Waals surface area contributed by atoms with Crippen LogP contribution in [0.5, 0.6) is 0 Å². The van der Waals surface area contributed by atoms with Crippen molar-refractivity contribution in [2.24, 2.45) is 0 Å². The number of thioether (sulfide) groups is 1. The van der Waals surface area contributed by atoms with Gasteiger partial charge in [-0.05, 0) is 48.9 Å². The highest BCUT2D eigenvalue weighted by atomic mass is 32.2. The van der Waals surface area contributed by atoms with Crippen LogP contribution in [0.25, 0.3) is 21.1 Å². The summed E-state index contributed by atoms with van der Waals surface area (Å²) in [6.07, 6.45) is 3.55. The molecule has 3 heterocycles. The lowest BCUT2D eigenvalue weighted by atomic mass is 10.2. The van der Waals surface area contributed by atoms with Gasteiger partial charge in [-0.2, -0.15) is 0 Å². The summed E-state index contributed by atoms with van der Waals surface area (Å²) < 4.78 is 13.3. The third-order valence-electron chi connectivity index (χ3n) is 3.85. The molecule has 0 radical (unpaired) electrons. The van der Waals surface area contributed by atoms with Crippen LogP contribution in [0, 0.1) is 12.7 Å². The zero-order valence-corrected chi connectivity index (χ0v) is 16.1. The van der Waals surface area contributed by atoms with Crippen LogP contribution in [0.1, 0.15) is 11.3 Å². The van der Waals surface area contributed by atoms with Gasteiger partial charge < -0.3 is 0 Å². The predicted octanol–water partition coefficient (Wildman–Crippen LogP) is 5.40. The van der Waals surface area contributed by atoms with E-state index >= 15 is 0 Å². The first-order chi connectivity index (χ1) is 13.2. The van der Waals surface area contributed by atoms with Gasteiger partial charge in [0.15, 0.2) is 0 Å². The molecule has 4 aromatic rings. The lowest BCUT2D eigenvalue weighted by molar-refractivity contribution is 0.626. The smallest absolute Gasteiger partial charge is 0.125 e. The van der Waals surface area contributed by atoms with E-state index in [0.717, 1.165) is 37.4 Å². The zero-order valence-electron chi connectivity index (χ0n) is 14.5. The minimum absolute atomic E-state index is 0.223. The summed E-state index contributed by atoms with van der Waals surface area (Å²) in [7, 11) is 0. The molecule has 0 aliphatic rings. The van der Waals surface area contributed by atoms with Crippen molar-refractivity contribution >= 4 is 23.1 Å². The molecule has 0 bridgehead atoms. The van der Waals surface area contributed by atoms with E-state index in [2.05, 4.69) is 20.2 Å². The highest BCUT2D eigenvalue weighted by molar-refractivity contribution is 7.98. The Balaban J connectivity index is 1.50. The Labute approximate surface area is 164 Å². The summed E-state index contributed by atoms with van der Waals surface area (Å²) in [5.74, 6) is 0.427. The summed E-state index contributed by atoms with van der Waals surface area (Å²) in [5.41, 5.74) is 3.64. The second kappa shape index (κ2) is 7.94. The van der Waals surface area contributed by atoms with E-state index in [-0.39, 0.29) is 5.82 Å². The third kappa shape index (κ3) is 4.20. The van der Waals surface area contributed by atoms with E-state index in [1.165, 1.54) is 23.9 Å². The second-order valence-electron chi connectivity index (χ2n) is 5.85. The number of aryl methyl sites for hydroxylation is 1. The van der Waals surface area contributed by atoms with Gasteiger partial charge in [0.1, 0.15) is 21.5 Å². The van der Waals surface area contributed by atoms with Gasteiger partial charge in [0.05, 0.1) is 10.6 Å². The minimum atomic E-state index is -0.223. The van der Waals surface area contributed by atoms with Crippen molar-refractivity contribution in [1.29, 1.82) is 0 Å². The van der Waals surface area contributed by atoms with Gasteiger partial charge in [0.25, 0.3) is 0 Å². The van der Waals surface area contributed by atoms with Gasteiger partial charge in [-0.1, -0.05) is 23.9 Å². The van der Waals surface area contributed by atoms with Crippen molar-refractivity contribution in [3.8, 4) is 21.1 Å². The van der Waals surface area contributed by atoms with E-state index in [4.69, 9.17) is 0 Å². The Kier molecular flexibility index (Phi) is 5.22. The molecule has 3 aromatic heterocycles. The molecule has 0 aliphatic carbocycles. The molecule has 4 nitrogen and oxygen atoms in total. The molecule has 0 unspecified atom stereocenters. The van der Waals surface area contributed by atoms with Gasteiger partial charge in [-0.15, -0.1) is 21.5 Å². The van der Waals surface area contributed by atoms with Crippen molar-refractivity contribution < 1.29 is 4.39 Å². The Bertz CT molecular complexity index is 1050. The summed E-state index contributed by atoms with van der Waals surface area (Å²) in [6, 6.07) is 14.4. The Hall–Kier alpha value is -2.64. The quantitative estimate of drug-likeness (QED) is 0.424. The first-order valence-corrected chi connectivity index (χ1v) is 10.1. The van der Waals surface area contributed by atoms with Crippen LogP contribution in [-0.4, -0.2) is 20.2 Å². The second-order valence-corrected chi connectivity index (χ2v) is 7.85. The molecular weight excluding hydrogens is 379 g/mol. The Morgan fingerprint density at radius 1 is 1.07 bits per heavy atom. The van der Waals surface area contributed by atoms with Crippen LogP contribution in [0.2, 0.25) is 0 Å². The van der Waals surface area contributed by atoms with Crippen molar-refractivity contribution in [2.75, 3.05) is 0 Å². The molecule has 134 valence electrons. The molecule has 7 heteroatoms.